The maximum Gasteiger partial charge on any atom is 0.0687 e. The molecule has 0 bridgehead atoms. The first-order chi connectivity index (χ1) is 5.83. The second-order valence-corrected chi connectivity index (χ2v) is 2.42. The lowest BCUT2D eigenvalue weighted by atomic mass is 10.0. The Morgan fingerprint density at radius 1 is 1.50 bits per heavy atom. The van der Waals surface area contributed by atoms with Crippen molar-refractivity contribution in [2.75, 3.05) is 0 Å². The molecule has 0 aliphatic heterocycles. The summed E-state index contributed by atoms with van der Waals surface area (Å²) in [5, 5.41) is 8.97. The van der Waals surface area contributed by atoms with Crippen molar-refractivity contribution in [3.63, 3.8) is 0 Å². The van der Waals surface area contributed by atoms with E-state index in [1.165, 1.54) is 0 Å². The lowest BCUT2D eigenvalue weighted by molar-refractivity contribution is 0.281. The molecule has 1 N–H and O–H groups in total. The van der Waals surface area contributed by atoms with E-state index in [-0.39, 0.29) is 6.61 Å². The van der Waals surface area contributed by atoms with Crippen LogP contribution in [-0.2, 0) is 6.61 Å². The van der Waals surface area contributed by atoms with E-state index in [0.29, 0.717) is 0 Å². The molecule has 61 valence electrons. The van der Waals surface area contributed by atoms with Crippen LogP contribution in [0.4, 0.5) is 0 Å². The van der Waals surface area contributed by atoms with E-state index >= 15 is 0 Å². The van der Waals surface area contributed by atoms with Crippen LogP contribution >= 0.6 is 0 Å². The Bertz CT molecular complexity index is 300. The molecule has 0 saturated carbocycles. The molecule has 1 aromatic carbocycles. The summed E-state index contributed by atoms with van der Waals surface area (Å²) >= 11 is 0. The van der Waals surface area contributed by atoms with Gasteiger partial charge in [0.2, 0.25) is 0 Å². The van der Waals surface area contributed by atoms with Crippen LogP contribution in [-0.4, -0.2) is 5.11 Å². The van der Waals surface area contributed by atoms with Crippen LogP contribution in [0.25, 0.3) is 6.08 Å². The molecule has 0 atom stereocenters. The summed E-state index contributed by atoms with van der Waals surface area (Å²) in [5.74, 6) is 0. The van der Waals surface area contributed by atoms with Gasteiger partial charge < -0.3 is 5.11 Å². The summed E-state index contributed by atoms with van der Waals surface area (Å²) in [4.78, 5) is 0. The zero-order valence-electron chi connectivity index (χ0n) is 6.88. The Morgan fingerprint density at radius 3 is 2.75 bits per heavy atom. The minimum atomic E-state index is 0.0247. The van der Waals surface area contributed by atoms with Gasteiger partial charge in [0.05, 0.1) is 6.61 Å². The number of benzene rings is 1. The van der Waals surface area contributed by atoms with E-state index in [1.807, 2.05) is 18.2 Å². The summed E-state index contributed by atoms with van der Waals surface area (Å²) < 4.78 is 0. The predicted octanol–water partition coefficient (Wildman–Crippen LogP) is 2.16. The van der Waals surface area contributed by atoms with Gasteiger partial charge in [-0.3, -0.25) is 0 Å². The van der Waals surface area contributed by atoms with E-state index in [2.05, 4.69) is 19.2 Å². The molecule has 0 aliphatic carbocycles. The third-order valence-electron chi connectivity index (χ3n) is 1.76. The Hall–Kier alpha value is -1.34. The van der Waals surface area contributed by atoms with Crippen LogP contribution in [0.5, 0.6) is 0 Å². The third-order valence-corrected chi connectivity index (χ3v) is 1.76. The molecule has 1 radical (unpaired) electrons. The Labute approximate surface area is 72.7 Å². The highest BCUT2D eigenvalue weighted by Crippen LogP contribution is 2.15. The molecule has 1 nitrogen and oxygen atoms in total. The molecule has 0 aliphatic rings. The quantitative estimate of drug-likeness (QED) is 0.716. The van der Waals surface area contributed by atoms with Gasteiger partial charge in [-0.05, 0) is 22.8 Å². The number of rotatable bonds is 3. The van der Waals surface area contributed by atoms with Crippen molar-refractivity contribution in [2.24, 2.45) is 0 Å². The number of hydrogen-bond donors (Lipinski definition) is 1. The fraction of sp³-hybridized carbons (Fsp3) is 0.0909. The van der Waals surface area contributed by atoms with Crippen molar-refractivity contribution in [3.8, 4) is 0 Å². The first kappa shape index (κ1) is 8.75. The first-order valence-corrected chi connectivity index (χ1v) is 3.71. The molecular weight excluding hydrogens is 148 g/mol. The maximum absolute atomic E-state index is 8.97. The van der Waals surface area contributed by atoms with Crippen molar-refractivity contribution >= 4 is 6.08 Å². The van der Waals surface area contributed by atoms with Crippen molar-refractivity contribution in [1.29, 1.82) is 0 Å². The lowest BCUT2D eigenvalue weighted by Crippen LogP contribution is -1.91. The van der Waals surface area contributed by atoms with E-state index in [9.17, 15) is 0 Å². The molecule has 1 heteroatoms. The molecule has 0 amide bonds. The Balaban J connectivity index is 3.31. The summed E-state index contributed by atoms with van der Waals surface area (Å²) in [7, 11) is 0. The fourth-order valence-corrected chi connectivity index (χ4v) is 1.15. The second kappa shape index (κ2) is 3.88. The van der Waals surface area contributed by atoms with Gasteiger partial charge in [0.15, 0.2) is 0 Å². The highest BCUT2D eigenvalue weighted by Gasteiger charge is 2.00. The molecule has 1 rings (SSSR count). The van der Waals surface area contributed by atoms with Gasteiger partial charge in [0.1, 0.15) is 0 Å². The topological polar surface area (TPSA) is 20.2 Å². The van der Waals surface area contributed by atoms with Crippen molar-refractivity contribution in [1.82, 2.24) is 0 Å². The van der Waals surface area contributed by atoms with E-state index in [1.54, 1.807) is 6.08 Å². The van der Waals surface area contributed by atoms with Crippen LogP contribution < -0.4 is 0 Å². The van der Waals surface area contributed by atoms with Gasteiger partial charge in [-0.15, -0.1) is 0 Å². The van der Waals surface area contributed by atoms with Gasteiger partial charge >= 0.3 is 0 Å². The Morgan fingerprint density at radius 2 is 2.25 bits per heavy atom. The average Bonchev–Trinajstić information content (AvgIpc) is 2.16. The highest BCUT2D eigenvalue weighted by molar-refractivity contribution is 5.57. The van der Waals surface area contributed by atoms with E-state index in [0.717, 1.165) is 16.7 Å². The summed E-state index contributed by atoms with van der Waals surface area (Å²) in [6.07, 6.45) is 4.50. The summed E-state index contributed by atoms with van der Waals surface area (Å²) in [5.41, 5.74) is 2.66. The molecule has 12 heavy (non-hydrogen) atoms. The minimum Gasteiger partial charge on any atom is -0.392 e. The van der Waals surface area contributed by atoms with Crippen LogP contribution in [0, 0.1) is 6.08 Å². The normalized spacial score (nSPS) is 9.42. The maximum atomic E-state index is 8.97. The molecule has 0 aromatic heterocycles. The van der Waals surface area contributed by atoms with Crippen molar-refractivity contribution in [3.05, 3.63) is 54.1 Å². The molecule has 0 heterocycles. The third kappa shape index (κ3) is 1.46. The van der Waals surface area contributed by atoms with Gasteiger partial charge in [-0.2, -0.15) is 0 Å². The van der Waals surface area contributed by atoms with Gasteiger partial charge in [0.25, 0.3) is 0 Å². The fourth-order valence-electron chi connectivity index (χ4n) is 1.15. The molecule has 0 saturated heterocycles. The van der Waals surface area contributed by atoms with Crippen LogP contribution in [0.3, 0.4) is 0 Å². The standard InChI is InChI=1S/C11H11O/c1-3-9-6-5-7-10(8-12)11(9)4-2/h4-7,12H,1-2,8H2. The summed E-state index contributed by atoms with van der Waals surface area (Å²) in [6, 6.07) is 5.62. The minimum absolute atomic E-state index is 0.0247. The van der Waals surface area contributed by atoms with Gasteiger partial charge in [0, 0.05) is 0 Å². The van der Waals surface area contributed by atoms with E-state index in [4.69, 9.17) is 5.11 Å². The molecular formula is C11H11O. The summed E-state index contributed by atoms with van der Waals surface area (Å²) in [6.45, 7) is 7.25. The van der Waals surface area contributed by atoms with Crippen LogP contribution in [0.15, 0.2) is 31.4 Å². The largest absolute Gasteiger partial charge is 0.392 e. The average molecular weight is 159 g/mol. The Kier molecular flexibility index (Phi) is 2.83. The number of hydrogen-bond acceptors (Lipinski definition) is 1. The zero-order valence-corrected chi connectivity index (χ0v) is 6.88. The molecule has 0 unspecified atom stereocenters. The molecule has 0 fully saturated rings. The number of aliphatic hydroxyl groups excluding tert-OH is 1. The molecule has 0 spiro atoms. The highest BCUT2D eigenvalue weighted by atomic mass is 16.3. The zero-order chi connectivity index (χ0) is 8.97. The monoisotopic (exact) mass is 159 g/mol. The first-order valence-electron chi connectivity index (χ1n) is 3.71. The SMILES string of the molecule is C=[C]c1cccc(CO)c1C=C. The number of aliphatic hydroxyl groups is 1. The van der Waals surface area contributed by atoms with E-state index < -0.39 is 0 Å². The smallest absolute Gasteiger partial charge is 0.0687 e. The van der Waals surface area contributed by atoms with Crippen molar-refractivity contribution < 1.29 is 5.11 Å². The van der Waals surface area contributed by atoms with Crippen molar-refractivity contribution in [2.45, 2.75) is 6.61 Å². The van der Waals surface area contributed by atoms with Crippen LogP contribution in [0.2, 0.25) is 0 Å². The van der Waals surface area contributed by atoms with Crippen LogP contribution in [0.1, 0.15) is 16.7 Å². The second-order valence-electron chi connectivity index (χ2n) is 2.42. The molecule has 1 aromatic rings. The predicted molar refractivity (Wildman–Crippen MR) is 50.4 cm³/mol. The van der Waals surface area contributed by atoms with Gasteiger partial charge in [-0.1, -0.05) is 37.4 Å². The lowest BCUT2D eigenvalue weighted by Gasteiger charge is -2.05. The van der Waals surface area contributed by atoms with Gasteiger partial charge in [-0.25, -0.2) is 0 Å².